The fraction of sp³-hybridized carbons (Fsp3) is 0.484. The van der Waals surface area contributed by atoms with Crippen LogP contribution in [0, 0.1) is 18.7 Å². The number of carbonyl (C=O) groups excluding carboxylic acids is 2. The quantitative estimate of drug-likeness (QED) is 0.293. The lowest BCUT2D eigenvalue weighted by atomic mass is 9.87. The summed E-state index contributed by atoms with van der Waals surface area (Å²) in [4.78, 5) is 39.1. The second-order valence-electron chi connectivity index (χ2n) is 11.2. The normalized spacial score (nSPS) is 19.9. The fourth-order valence-corrected chi connectivity index (χ4v) is 6.06. The molecule has 43 heavy (non-hydrogen) atoms. The second kappa shape index (κ2) is 13.9. The van der Waals surface area contributed by atoms with E-state index in [0.29, 0.717) is 36.9 Å². The number of para-hydroxylation sites is 1. The maximum absolute atomic E-state index is 15.0. The molecule has 1 unspecified atom stereocenters. The van der Waals surface area contributed by atoms with Gasteiger partial charge in [-0.1, -0.05) is 29.8 Å². The van der Waals surface area contributed by atoms with E-state index in [-0.39, 0.29) is 59.9 Å². The number of carboxylic acids is 1. The molecule has 10 nitrogen and oxygen atoms in total. The Labute approximate surface area is 254 Å². The van der Waals surface area contributed by atoms with E-state index < -0.39 is 17.8 Å². The molecular formula is C31H36ClFN4O6. The van der Waals surface area contributed by atoms with Crippen molar-refractivity contribution in [2.45, 2.75) is 64.2 Å². The third-order valence-corrected chi connectivity index (χ3v) is 8.49. The van der Waals surface area contributed by atoms with E-state index in [1.165, 1.54) is 10.7 Å². The zero-order valence-corrected chi connectivity index (χ0v) is 24.8. The number of aryl methyl sites for hydroxylation is 1. The van der Waals surface area contributed by atoms with Crippen LogP contribution in [-0.4, -0.2) is 76.2 Å². The minimum absolute atomic E-state index is 0.0493. The number of hydrogen-bond acceptors (Lipinski definition) is 7. The molecule has 1 atom stereocenters. The zero-order chi connectivity index (χ0) is 30.5. The van der Waals surface area contributed by atoms with E-state index in [2.05, 4.69) is 15.3 Å². The van der Waals surface area contributed by atoms with Crippen LogP contribution in [0.1, 0.15) is 49.8 Å². The minimum atomic E-state index is -0.758. The van der Waals surface area contributed by atoms with Crippen LogP contribution < -0.4 is 5.32 Å². The maximum atomic E-state index is 15.0. The largest absolute Gasteiger partial charge is 0.481 e. The van der Waals surface area contributed by atoms with Gasteiger partial charge < -0.3 is 19.9 Å². The van der Waals surface area contributed by atoms with Crippen molar-refractivity contribution < 1.29 is 33.4 Å². The second-order valence-corrected chi connectivity index (χ2v) is 11.7. The van der Waals surface area contributed by atoms with Gasteiger partial charge in [0.2, 0.25) is 0 Å². The summed E-state index contributed by atoms with van der Waals surface area (Å²) in [6.07, 6.45) is 4.03. The Kier molecular flexibility index (Phi) is 10.1. The highest BCUT2D eigenvalue weighted by Gasteiger charge is 2.31. The van der Waals surface area contributed by atoms with Crippen molar-refractivity contribution in [3.63, 3.8) is 0 Å². The molecule has 12 heteroatoms. The van der Waals surface area contributed by atoms with E-state index in [4.69, 9.17) is 21.1 Å². The number of carbonyl (C=O) groups is 3. The number of ketones is 1. The van der Waals surface area contributed by atoms with Crippen molar-refractivity contribution in [1.82, 2.24) is 14.7 Å². The third-order valence-electron chi connectivity index (χ3n) is 8.17. The number of benzene rings is 2. The lowest BCUT2D eigenvalue weighted by Crippen LogP contribution is -2.42. The van der Waals surface area contributed by atoms with Gasteiger partial charge in [-0.05, 0) is 69.2 Å². The Morgan fingerprint density at radius 2 is 1.86 bits per heavy atom. The summed E-state index contributed by atoms with van der Waals surface area (Å²) in [5.74, 6) is -2.08. The number of likely N-dealkylation sites (tertiary alicyclic amines) is 1. The van der Waals surface area contributed by atoms with Gasteiger partial charge in [-0.25, -0.2) is 9.18 Å². The predicted octanol–water partition coefficient (Wildman–Crippen LogP) is 5.43. The SMILES string of the molecule is Cc1nn(C(=O)Nc2cc(F)c(CC(=O)COCC(OC3CCC(C(=O)O)CC3)N3CCCC3)cc2Cl)c2ccccc12. The molecule has 2 heterocycles. The van der Waals surface area contributed by atoms with Gasteiger partial charge >= 0.3 is 12.0 Å². The van der Waals surface area contributed by atoms with Crippen LogP contribution in [0.15, 0.2) is 36.4 Å². The molecule has 0 bridgehead atoms. The van der Waals surface area contributed by atoms with E-state index in [0.717, 1.165) is 37.4 Å². The minimum Gasteiger partial charge on any atom is -0.481 e. The van der Waals surface area contributed by atoms with E-state index >= 15 is 4.39 Å². The Morgan fingerprint density at radius 3 is 2.58 bits per heavy atom. The van der Waals surface area contributed by atoms with Crippen LogP contribution in [0.4, 0.5) is 14.9 Å². The molecule has 1 saturated heterocycles. The van der Waals surface area contributed by atoms with Crippen LogP contribution in [0.3, 0.4) is 0 Å². The summed E-state index contributed by atoms with van der Waals surface area (Å²) in [5, 5.41) is 17.1. The number of hydrogen-bond donors (Lipinski definition) is 2. The van der Waals surface area contributed by atoms with Gasteiger partial charge in [-0.15, -0.1) is 0 Å². The van der Waals surface area contributed by atoms with Crippen molar-refractivity contribution in [1.29, 1.82) is 0 Å². The van der Waals surface area contributed by atoms with Gasteiger partial charge in [0, 0.05) is 24.9 Å². The number of aromatic nitrogens is 2. The van der Waals surface area contributed by atoms with Crippen molar-refractivity contribution in [2.24, 2.45) is 5.92 Å². The van der Waals surface area contributed by atoms with Crippen LogP contribution in [0.25, 0.3) is 10.9 Å². The van der Waals surface area contributed by atoms with Crippen LogP contribution in [0.2, 0.25) is 5.02 Å². The number of nitrogens with one attached hydrogen (secondary N) is 1. The summed E-state index contributed by atoms with van der Waals surface area (Å²) >= 11 is 6.37. The Morgan fingerprint density at radius 1 is 1.14 bits per heavy atom. The molecule has 2 fully saturated rings. The summed E-state index contributed by atoms with van der Waals surface area (Å²) in [5.41, 5.74) is 1.45. The first kappa shape index (κ1) is 31.1. The number of amides is 1. The van der Waals surface area contributed by atoms with Gasteiger partial charge in [-0.3, -0.25) is 14.5 Å². The van der Waals surface area contributed by atoms with Crippen molar-refractivity contribution in [3.05, 3.63) is 58.5 Å². The first-order valence-electron chi connectivity index (χ1n) is 14.6. The summed E-state index contributed by atoms with van der Waals surface area (Å²) in [6.45, 7) is 3.49. The number of ether oxygens (including phenoxy) is 2. The average molecular weight is 615 g/mol. The van der Waals surface area contributed by atoms with E-state index in [1.54, 1.807) is 19.1 Å². The van der Waals surface area contributed by atoms with E-state index in [1.807, 2.05) is 12.1 Å². The molecule has 2 N–H and O–H groups in total. The third kappa shape index (κ3) is 7.59. The van der Waals surface area contributed by atoms with Crippen LogP contribution in [-0.2, 0) is 25.5 Å². The summed E-state index contributed by atoms with van der Waals surface area (Å²) in [6, 6.07) is 9.11. The Balaban J connectivity index is 1.14. The molecule has 1 aliphatic heterocycles. The van der Waals surface area contributed by atoms with Gasteiger partial charge in [0.25, 0.3) is 0 Å². The number of aliphatic carboxylic acids is 1. The van der Waals surface area contributed by atoms with Gasteiger partial charge in [0.15, 0.2) is 5.78 Å². The molecule has 1 saturated carbocycles. The van der Waals surface area contributed by atoms with Crippen LogP contribution in [0.5, 0.6) is 0 Å². The molecule has 3 aromatic rings. The predicted molar refractivity (Wildman–Crippen MR) is 159 cm³/mol. The Bertz CT molecular complexity index is 1480. The van der Waals surface area contributed by atoms with Crippen molar-refractivity contribution >= 4 is 46.0 Å². The monoisotopic (exact) mass is 614 g/mol. The summed E-state index contributed by atoms with van der Waals surface area (Å²) in [7, 11) is 0. The highest BCUT2D eigenvalue weighted by atomic mass is 35.5. The zero-order valence-electron chi connectivity index (χ0n) is 24.1. The number of rotatable bonds is 11. The highest BCUT2D eigenvalue weighted by Crippen LogP contribution is 2.29. The van der Waals surface area contributed by atoms with Gasteiger partial charge in [0.1, 0.15) is 18.7 Å². The number of carboxylic acid groups (broad SMARTS) is 1. The summed E-state index contributed by atoms with van der Waals surface area (Å²) < 4.78 is 28.3. The molecule has 0 spiro atoms. The number of fused-ring (bicyclic) bond motifs is 1. The molecular weight excluding hydrogens is 579 g/mol. The van der Waals surface area contributed by atoms with Crippen molar-refractivity contribution in [3.8, 4) is 0 Å². The first-order chi connectivity index (χ1) is 20.7. The molecule has 2 aliphatic rings. The highest BCUT2D eigenvalue weighted by molar-refractivity contribution is 6.33. The van der Waals surface area contributed by atoms with Crippen LogP contribution >= 0.6 is 11.6 Å². The average Bonchev–Trinajstić information content (AvgIpc) is 3.64. The number of anilines is 1. The molecule has 1 aliphatic carbocycles. The fourth-order valence-electron chi connectivity index (χ4n) is 5.83. The first-order valence-corrected chi connectivity index (χ1v) is 15.0. The smallest absolute Gasteiger partial charge is 0.347 e. The molecule has 230 valence electrons. The molecule has 0 radical (unpaired) electrons. The number of halogens is 2. The topological polar surface area (TPSA) is 123 Å². The lowest BCUT2D eigenvalue weighted by Gasteiger charge is -2.34. The standard InChI is InChI=1S/C31H36ClFN4O6/c1-19-24-6-2-3-7-28(24)37(35-19)31(41)34-27-16-26(33)21(15-25(27)32)14-22(38)17-42-18-29(36-12-4-5-13-36)43-23-10-8-20(9-11-23)30(39)40/h2-3,6-7,15-16,20,23,29H,4-5,8-14,17-18H2,1H3,(H,34,41)(H,39,40). The molecule has 1 aromatic heterocycles. The lowest BCUT2D eigenvalue weighted by molar-refractivity contribution is -0.151. The maximum Gasteiger partial charge on any atom is 0.347 e. The molecule has 5 rings (SSSR count). The molecule has 2 aromatic carbocycles. The number of nitrogens with zero attached hydrogens (tertiary/aromatic N) is 3. The van der Waals surface area contributed by atoms with E-state index in [9.17, 15) is 19.5 Å². The molecule has 1 amide bonds. The number of Topliss-reactive ketones (excluding diaryl/α,β-unsaturated/α-hetero) is 1. The Hall–Kier alpha value is -3.38. The van der Waals surface area contributed by atoms with Gasteiger partial charge in [0.05, 0.1) is 40.5 Å². The van der Waals surface area contributed by atoms with Crippen molar-refractivity contribution in [2.75, 3.05) is 31.6 Å². The van der Waals surface area contributed by atoms with Gasteiger partial charge in [-0.2, -0.15) is 9.78 Å².